The summed E-state index contributed by atoms with van der Waals surface area (Å²) in [5.41, 5.74) is 4.52. The Morgan fingerprint density at radius 3 is 2.58 bits per heavy atom. The number of hydrogen-bond acceptors (Lipinski definition) is 5. The molecule has 0 unspecified atom stereocenters. The van der Waals surface area contributed by atoms with Crippen molar-refractivity contribution in [2.75, 3.05) is 11.9 Å². The van der Waals surface area contributed by atoms with Gasteiger partial charge < -0.3 is 10.1 Å². The van der Waals surface area contributed by atoms with Gasteiger partial charge in [0.25, 0.3) is 0 Å². The number of nitrogens with zero attached hydrogens (tertiary/aromatic N) is 2. The summed E-state index contributed by atoms with van der Waals surface area (Å²) in [5, 5.41) is 2.93. The van der Waals surface area contributed by atoms with E-state index in [0.29, 0.717) is 6.61 Å². The van der Waals surface area contributed by atoms with Crippen molar-refractivity contribution < 1.29 is 9.53 Å². The van der Waals surface area contributed by atoms with E-state index < -0.39 is 5.97 Å². The third-order valence-electron chi connectivity index (χ3n) is 3.64. The molecular formula is C21H19N3O2. The molecule has 0 fully saturated rings. The molecule has 5 nitrogen and oxygen atoms in total. The van der Waals surface area contributed by atoms with E-state index in [-0.39, 0.29) is 5.70 Å². The van der Waals surface area contributed by atoms with E-state index in [0.717, 1.165) is 28.0 Å². The molecule has 0 amide bonds. The number of ether oxygens (including phenoxy) is 1. The second-order valence-electron chi connectivity index (χ2n) is 5.56. The summed E-state index contributed by atoms with van der Waals surface area (Å²) in [6.07, 6.45) is 5.63. The second kappa shape index (κ2) is 8.07. The maximum absolute atomic E-state index is 11.6. The van der Waals surface area contributed by atoms with E-state index in [1.807, 2.05) is 60.7 Å². The van der Waals surface area contributed by atoms with Crippen LogP contribution in [-0.4, -0.2) is 22.5 Å². The number of aromatic nitrogens is 2. The van der Waals surface area contributed by atoms with Crippen LogP contribution < -0.4 is 5.32 Å². The summed E-state index contributed by atoms with van der Waals surface area (Å²) in [6.45, 7) is 5.75. The van der Waals surface area contributed by atoms with Gasteiger partial charge in [-0.15, -0.1) is 0 Å². The van der Waals surface area contributed by atoms with Gasteiger partial charge in [-0.3, -0.25) is 4.98 Å². The third kappa shape index (κ3) is 4.33. The van der Waals surface area contributed by atoms with E-state index in [1.165, 1.54) is 0 Å². The van der Waals surface area contributed by atoms with Crippen molar-refractivity contribution in [3.05, 3.63) is 78.3 Å². The molecule has 0 radical (unpaired) electrons. The second-order valence-corrected chi connectivity index (χ2v) is 5.56. The fourth-order valence-electron chi connectivity index (χ4n) is 2.35. The first-order valence-electron chi connectivity index (χ1n) is 8.28. The van der Waals surface area contributed by atoms with Crippen molar-refractivity contribution in [1.29, 1.82) is 0 Å². The van der Waals surface area contributed by atoms with Gasteiger partial charge >= 0.3 is 5.97 Å². The van der Waals surface area contributed by atoms with Gasteiger partial charge in [-0.1, -0.05) is 36.9 Å². The summed E-state index contributed by atoms with van der Waals surface area (Å²) >= 11 is 0. The Labute approximate surface area is 152 Å². The maximum atomic E-state index is 11.6. The highest BCUT2D eigenvalue weighted by atomic mass is 16.5. The molecule has 0 spiro atoms. The lowest BCUT2D eigenvalue weighted by Gasteiger charge is -2.08. The molecule has 3 rings (SSSR count). The summed E-state index contributed by atoms with van der Waals surface area (Å²) in [6, 6.07) is 15.4. The molecule has 0 bridgehead atoms. The van der Waals surface area contributed by atoms with E-state index >= 15 is 0 Å². The minimum absolute atomic E-state index is 0.210. The van der Waals surface area contributed by atoms with Gasteiger partial charge in [0.15, 0.2) is 0 Å². The zero-order valence-electron chi connectivity index (χ0n) is 14.5. The highest BCUT2D eigenvalue weighted by Gasteiger charge is 2.07. The summed E-state index contributed by atoms with van der Waals surface area (Å²) in [5.74, 6) is -0.452. The Morgan fingerprint density at radius 2 is 1.85 bits per heavy atom. The first kappa shape index (κ1) is 17.4. The lowest BCUT2D eigenvalue weighted by atomic mass is 10.2. The number of rotatable bonds is 6. The number of benzene rings is 2. The van der Waals surface area contributed by atoms with Crippen LogP contribution in [0.25, 0.3) is 23.2 Å². The molecule has 0 saturated heterocycles. The fraction of sp³-hybridized carbons (Fsp3) is 0.0952. The molecule has 1 aromatic heterocycles. The summed E-state index contributed by atoms with van der Waals surface area (Å²) in [4.78, 5) is 20.5. The molecule has 0 atom stereocenters. The predicted molar refractivity (Wildman–Crippen MR) is 104 cm³/mol. The molecule has 3 aromatic rings. The molecule has 0 aliphatic carbocycles. The van der Waals surface area contributed by atoms with Crippen molar-refractivity contribution >= 4 is 34.8 Å². The molecular weight excluding hydrogens is 326 g/mol. The van der Waals surface area contributed by atoms with Gasteiger partial charge in [-0.2, -0.15) is 0 Å². The molecule has 0 saturated carbocycles. The smallest absolute Gasteiger partial charge is 0.354 e. The van der Waals surface area contributed by atoms with Gasteiger partial charge in [0, 0.05) is 5.69 Å². The van der Waals surface area contributed by atoms with Crippen LogP contribution in [0.3, 0.4) is 0 Å². The standard InChI is InChI=1S/C21H19N3O2/c1-3-26-21(25)15(2)23-17-11-8-16(9-12-17)10-13-18-14-22-19-6-4-5-7-20(19)24-18/h4-14,23H,2-3H2,1H3/b13-10+. The molecule has 1 N–H and O–H groups in total. The Balaban J connectivity index is 1.67. The number of fused-ring (bicyclic) bond motifs is 1. The van der Waals surface area contributed by atoms with Crippen molar-refractivity contribution in [3.63, 3.8) is 0 Å². The van der Waals surface area contributed by atoms with Gasteiger partial charge in [0.2, 0.25) is 0 Å². The van der Waals surface area contributed by atoms with Crippen molar-refractivity contribution in [1.82, 2.24) is 9.97 Å². The monoisotopic (exact) mass is 345 g/mol. The first-order chi connectivity index (χ1) is 12.7. The molecule has 130 valence electrons. The summed E-state index contributed by atoms with van der Waals surface area (Å²) < 4.78 is 4.89. The first-order valence-corrected chi connectivity index (χ1v) is 8.28. The Kier molecular flexibility index (Phi) is 5.39. The lowest BCUT2D eigenvalue weighted by Crippen LogP contribution is -2.13. The van der Waals surface area contributed by atoms with Crippen LogP contribution in [0.5, 0.6) is 0 Å². The third-order valence-corrected chi connectivity index (χ3v) is 3.64. The topological polar surface area (TPSA) is 64.1 Å². The lowest BCUT2D eigenvalue weighted by molar-refractivity contribution is -0.138. The Bertz CT molecular complexity index is 962. The molecule has 26 heavy (non-hydrogen) atoms. The minimum Gasteiger partial charge on any atom is -0.461 e. The fourth-order valence-corrected chi connectivity index (χ4v) is 2.35. The van der Waals surface area contributed by atoms with Crippen molar-refractivity contribution in [3.8, 4) is 0 Å². The van der Waals surface area contributed by atoms with E-state index in [9.17, 15) is 4.79 Å². The van der Waals surface area contributed by atoms with Crippen molar-refractivity contribution in [2.24, 2.45) is 0 Å². The average Bonchev–Trinajstić information content (AvgIpc) is 2.67. The Morgan fingerprint density at radius 1 is 1.12 bits per heavy atom. The van der Waals surface area contributed by atoms with Crippen LogP contribution >= 0.6 is 0 Å². The van der Waals surface area contributed by atoms with Gasteiger partial charge in [-0.25, -0.2) is 9.78 Å². The van der Waals surface area contributed by atoms with Crippen LogP contribution in [0, 0.1) is 0 Å². The number of hydrogen-bond donors (Lipinski definition) is 1. The maximum Gasteiger partial charge on any atom is 0.354 e. The highest BCUT2D eigenvalue weighted by molar-refractivity contribution is 5.91. The number of esters is 1. The number of nitrogens with one attached hydrogen (secondary N) is 1. The van der Waals surface area contributed by atoms with Crippen LogP contribution in [-0.2, 0) is 9.53 Å². The van der Waals surface area contributed by atoms with Gasteiger partial charge in [-0.05, 0) is 42.8 Å². The number of para-hydroxylation sites is 2. The molecule has 0 aliphatic rings. The SMILES string of the molecule is C=C(Nc1ccc(/C=C/c2cnc3ccccc3n2)cc1)C(=O)OCC. The minimum atomic E-state index is -0.452. The van der Waals surface area contributed by atoms with E-state index in [2.05, 4.69) is 21.9 Å². The number of carbonyl (C=O) groups is 1. The summed E-state index contributed by atoms with van der Waals surface area (Å²) in [7, 11) is 0. The average molecular weight is 345 g/mol. The van der Waals surface area contributed by atoms with Gasteiger partial charge in [0.1, 0.15) is 5.70 Å². The highest BCUT2D eigenvalue weighted by Crippen LogP contribution is 2.15. The van der Waals surface area contributed by atoms with Crippen LogP contribution in [0.4, 0.5) is 5.69 Å². The molecule has 1 heterocycles. The van der Waals surface area contributed by atoms with Crippen molar-refractivity contribution in [2.45, 2.75) is 6.92 Å². The molecule has 2 aromatic carbocycles. The van der Waals surface area contributed by atoms with E-state index in [4.69, 9.17) is 4.74 Å². The zero-order valence-corrected chi connectivity index (χ0v) is 14.5. The predicted octanol–water partition coefficient (Wildman–Crippen LogP) is 4.29. The van der Waals surface area contributed by atoms with Gasteiger partial charge in [0.05, 0.1) is 29.5 Å². The van der Waals surface area contributed by atoms with Crippen LogP contribution in [0.1, 0.15) is 18.2 Å². The molecule has 5 heteroatoms. The molecule has 0 aliphatic heterocycles. The number of carbonyl (C=O) groups excluding carboxylic acids is 1. The quantitative estimate of drug-likeness (QED) is 0.533. The van der Waals surface area contributed by atoms with E-state index in [1.54, 1.807) is 13.1 Å². The zero-order chi connectivity index (χ0) is 18.4. The van der Waals surface area contributed by atoms with Crippen LogP contribution in [0.2, 0.25) is 0 Å². The normalized spacial score (nSPS) is 10.8. The Hall–Kier alpha value is -3.47. The number of anilines is 1. The largest absolute Gasteiger partial charge is 0.461 e. The van der Waals surface area contributed by atoms with Crippen LogP contribution in [0.15, 0.2) is 67.0 Å².